The van der Waals surface area contributed by atoms with Crippen molar-refractivity contribution in [2.24, 2.45) is 0 Å². The Kier molecular flexibility index (Phi) is 9.12. The first-order chi connectivity index (χ1) is 22.9. The van der Waals surface area contributed by atoms with Crippen molar-refractivity contribution in [2.75, 3.05) is 25.1 Å². The van der Waals surface area contributed by atoms with Gasteiger partial charge in [0, 0.05) is 18.5 Å². The molecule has 0 aliphatic carbocycles. The summed E-state index contributed by atoms with van der Waals surface area (Å²) in [6, 6.07) is 34.1. The normalized spacial score (nSPS) is 25.2. The maximum Gasteiger partial charge on any atom is 0.256 e. The fraction of sp³-hybridized carbons (Fsp3) is 0.316. The first-order valence-corrected chi connectivity index (χ1v) is 16.3. The fourth-order valence-corrected chi connectivity index (χ4v) is 7.16. The number of hydrogen-bond donors (Lipinski definition) is 0. The van der Waals surface area contributed by atoms with E-state index in [0.29, 0.717) is 36.1 Å². The number of amides is 2. The maximum atomic E-state index is 14.1. The van der Waals surface area contributed by atoms with Crippen molar-refractivity contribution in [3.05, 3.63) is 136 Å². The highest BCUT2D eigenvalue weighted by molar-refractivity contribution is 6.31. The summed E-state index contributed by atoms with van der Waals surface area (Å²) in [7, 11) is 1.70. The molecule has 3 aliphatic rings. The van der Waals surface area contributed by atoms with Gasteiger partial charge in [-0.1, -0.05) is 103 Å². The molecule has 5 atom stereocenters. The number of nitrogens with zero attached hydrogens (tertiary/aromatic N) is 2. The van der Waals surface area contributed by atoms with Crippen LogP contribution in [0.4, 0.5) is 5.69 Å². The molecule has 2 saturated heterocycles. The number of likely N-dealkylation sites (N-methyl/N-ethyl adjacent to an activating group) is 1. The van der Waals surface area contributed by atoms with E-state index in [9.17, 15) is 9.59 Å². The number of halogens is 1. The summed E-state index contributed by atoms with van der Waals surface area (Å²) in [6.07, 6.45) is -1.41. The molecule has 3 aliphatic heterocycles. The largest absolute Gasteiger partial charge is 0.374 e. The minimum Gasteiger partial charge on any atom is -0.374 e. The van der Waals surface area contributed by atoms with Gasteiger partial charge in [0.2, 0.25) is 5.91 Å². The Labute approximate surface area is 279 Å². The number of hydrogen-bond acceptors (Lipinski definition) is 6. The van der Waals surface area contributed by atoms with Crippen molar-refractivity contribution in [3.63, 3.8) is 0 Å². The maximum absolute atomic E-state index is 14.1. The zero-order chi connectivity index (χ0) is 32.4. The lowest BCUT2D eigenvalue weighted by molar-refractivity contribution is -0.124. The second kappa shape index (κ2) is 13.6. The van der Waals surface area contributed by atoms with Gasteiger partial charge in [-0.15, -0.1) is 0 Å². The molecule has 7 rings (SSSR count). The van der Waals surface area contributed by atoms with Gasteiger partial charge in [0.05, 0.1) is 44.2 Å². The molecule has 0 N–H and O–H groups in total. The van der Waals surface area contributed by atoms with Gasteiger partial charge in [-0.3, -0.25) is 9.59 Å². The molecule has 0 bridgehead atoms. The monoisotopic (exact) mass is 652 g/mol. The van der Waals surface area contributed by atoms with Crippen molar-refractivity contribution < 1.29 is 28.5 Å². The highest BCUT2D eigenvalue weighted by Crippen LogP contribution is 2.47. The average Bonchev–Trinajstić information content (AvgIpc) is 3.61. The molecule has 47 heavy (non-hydrogen) atoms. The topological polar surface area (TPSA) is 77.5 Å². The number of ether oxygens (including phenoxy) is 4. The molecule has 2 fully saturated rings. The third kappa shape index (κ3) is 6.44. The Morgan fingerprint density at radius 3 is 2.04 bits per heavy atom. The third-order valence-corrected chi connectivity index (χ3v) is 9.54. The summed E-state index contributed by atoms with van der Waals surface area (Å²) >= 11 is 6.33. The zero-order valence-electron chi connectivity index (χ0n) is 26.2. The van der Waals surface area contributed by atoms with E-state index in [2.05, 4.69) is 0 Å². The summed E-state index contributed by atoms with van der Waals surface area (Å²) in [4.78, 5) is 31.3. The highest BCUT2D eigenvalue weighted by Gasteiger charge is 2.64. The molecular weight excluding hydrogens is 616 g/mol. The number of carbonyl (C=O) groups is 2. The number of anilines is 1. The van der Waals surface area contributed by atoms with Crippen LogP contribution in [0.25, 0.3) is 0 Å². The van der Waals surface area contributed by atoms with Gasteiger partial charge >= 0.3 is 0 Å². The van der Waals surface area contributed by atoms with E-state index in [1.54, 1.807) is 35.0 Å². The lowest BCUT2D eigenvalue weighted by Gasteiger charge is -2.32. The standard InChI is InChI=1S/C38H37ClN2O6/c1-40-31-18-17-29(39)19-30(31)36(42)41-25-38(20-32(41)37(40)43)35(46-23-28-15-9-4-10-16-28)34(45-22-27-13-7-3-8-14-27)33(47-38)24-44-21-26-11-5-2-6-12-26/h2-19,32-35H,20-25H2,1H3/t32-,33-,34-,35+,38+/m1/s1. The Bertz CT molecular complexity index is 1710. The van der Waals surface area contributed by atoms with Crippen LogP contribution in [0.3, 0.4) is 0 Å². The first-order valence-electron chi connectivity index (χ1n) is 15.9. The van der Waals surface area contributed by atoms with Crippen molar-refractivity contribution in [1.29, 1.82) is 0 Å². The molecule has 0 saturated carbocycles. The minimum atomic E-state index is -1.02. The van der Waals surface area contributed by atoms with E-state index in [-0.39, 0.29) is 31.4 Å². The van der Waals surface area contributed by atoms with Crippen molar-refractivity contribution >= 4 is 29.1 Å². The predicted octanol–water partition coefficient (Wildman–Crippen LogP) is 6.06. The van der Waals surface area contributed by atoms with E-state index in [1.807, 2.05) is 91.0 Å². The number of carbonyl (C=O) groups excluding carboxylic acids is 2. The lowest BCUT2D eigenvalue weighted by Crippen LogP contribution is -2.48. The van der Waals surface area contributed by atoms with Crippen LogP contribution in [0.15, 0.2) is 109 Å². The van der Waals surface area contributed by atoms with Gasteiger partial charge < -0.3 is 28.7 Å². The van der Waals surface area contributed by atoms with Crippen LogP contribution in [0, 0.1) is 0 Å². The zero-order valence-corrected chi connectivity index (χ0v) is 26.9. The molecule has 9 heteroatoms. The summed E-state index contributed by atoms with van der Waals surface area (Å²) in [5.74, 6) is -0.453. The average molecular weight is 653 g/mol. The number of benzene rings is 4. The Morgan fingerprint density at radius 1 is 0.809 bits per heavy atom. The smallest absolute Gasteiger partial charge is 0.256 e. The number of fused-ring (bicyclic) bond motifs is 2. The van der Waals surface area contributed by atoms with Gasteiger partial charge in [-0.25, -0.2) is 0 Å². The van der Waals surface area contributed by atoms with Crippen LogP contribution in [0.2, 0.25) is 5.02 Å². The lowest BCUT2D eigenvalue weighted by atomic mass is 9.90. The van der Waals surface area contributed by atoms with Gasteiger partial charge in [-0.05, 0) is 34.9 Å². The molecule has 1 spiro atoms. The molecule has 8 nitrogen and oxygen atoms in total. The Balaban J connectivity index is 1.22. The van der Waals surface area contributed by atoms with E-state index >= 15 is 0 Å². The molecule has 3 heterocycles. The van der Waals surface area contributed by atoms with Crippen LogP contribution in [0.1, 0.15) is 33.5 Å². The van der Waals surface area contributed by atoms with Gasteiger partial charge in [0.25, 0.3) is 5.91 Å². The van der Waals surface area contributed by atoms with Crippen LogP contribution < -0.4 is 4.90 Å². The van der Waals surface area contributed by atoms with Crippen molar-refractivity contribution in [1.82, 2.24) is 4.90 Å². The molecule has 242 valence electrons. The predicted molar refractivity (Wildman–Crippen MR) is 178 cm³/mol. The Hall–Kier alpha value is -4.05. The molecule has 4 aromatic rings. The van der Waals surface area contributed by atoms with Crippen LogP contribution in [-0.2, 0) is 43.6 Å². The second-order valence-corrected chi connectivity index (χ2v) is 12.8. The van der Waals surface area contributed by atoms with E-state index in [0.717, 1.165) is 16.7 Å². The molecule has 0 unspecified atom stereocenters. The summed E-state index contributed by atoms with van der Waals surface area (Å²) < 4.78 is 26.6. The molecule has 0 aromatic heterocycles. The van der Waals surface area contributed by atoms with E-state index < -0.39 is 30.0 Å². The quantitative estimate of drug-likeness (QED) is 0.207. The second-order valence-electron chi connectivity index (χ2n) is 12.4. The molecular formula is C38H37ClN2O6. The van der Waals surface area contributed by atoms with Gasteiger partial charge in [0.15, 0.2) is 0 Å². The summed E-state index contributed by atoms with van der Waals surface area (Å²) in [5.41, 5.74) is 2.95. The minimum absolute atomic E-state index is 0.155. The van der Waals surface area contributed by atoms with E-state index in [4.69, 9.17) is 30.5 Å². The van der Waals surface area contributed by atoms with Crippen LogP contribution >= 0.6 is 11.6 Å². The van der Waals surface area contributed by atoms with Crippen molar-refractivity contribution in [3.8, 4) is 0 Å². The molecule has 2 amide bonds. The van der Waals surface area contributed by atoms with Crippen molar-refractivity contribution in [2.45, 2.75) is 56.2 Å². The number of rotatable bonds is 10. The fourth-order valence-electron chi connectivity index (χ4n) is 6.99. The SMILES string of the molecule is CN1C(=O)[C@H]2C[C@@]3(CN2C(=O)c2cc(Cl)ccc21)O[C@H](COCc1ccccc1)[C@@H](OCc1ccccc1)[C@@H]3OCc1ccccc1. The first kappa shape index (κ1) is 31.5. The highest BCUT2D eigenvalue weighted by atomic mass is 35.5. The van der Waals surface area contributed by atoms with Crippen LogP contribution in [0.5, 0.6) is 0 Å². The summed E-state index contributed by atoms with van der Waals surface area (Å²) in [6.45, 7) is 1.45. The van der Waals surface area contributed by atoms with Gasteiger partial charge in [0.1, 0.15) is 30.0 Å². The Morgan fingerprint density at radius 2 is 1.40 bits per heavy atom. The third-order valence-electron chi connectivity index (χ3n) is 9.30. The van der Waals surface area contributed by atoms with Gasteiger partial charge in [-0.2, -0.15) is 0 Å². The summed E-state index contributed by atoms with van der Waals surface area (Å²) in [5, 5.41) is 0.427. The van der Waals surface area contributed by atoms with Crippen LogP contribution in [-0.4, -0.2) is 66.9 Å². The molecule has 4 aromatic carbocycles. The van der Waals surface area contributed by atoms with E-state index in [1.165, 1.54) is 0 Å². The molecule has 0 radical (unpaired) electrons.